The lowest BCUT2D eigenvalue weighted by Crippen LogP contribution is -2.48. The number of hydrogen-bond donors (Lipinski definition) is 1. The number of H-pyrrole nitrogens is 1. The van der Waals surface area contributed by atoms with Crippen LogP contribution in [0.15, 0.2) is 38.8 Å². The molecular weight excluding hydrogens is 382 g/mol. The Labute approximate surface area is 163 Å². The highest BCUT2D eigenvalue weighted by Gasteiger charge is 2.26. The van der Waals surface area contributed by atoms with Crippen molar-refractivity contribution in [3.63, 3.8) is 0 Å². The van der Waals surface area contributed by atoms with Crippen molar-refractivity contribution in [1.82, 2.24) is 9.55 Å². The number of ether oxygens (including phenoxy) is 1. The summed E-state index contributed by atoms with van der Waals surface area (Å²) < 4.78 is 30.1. The van der Waals surface area contributed by atoms with Crippen molar-refractivity contribution in [2.24, 2.45) is 7.05 Å². The monoisotopic (exact) mass is 407 g/mol. The van der Waals surface area contributed by atoms with Gasteiger partial charge in [-0.2, -0.15) is 0 Å². The molecule has 8 nitrogen and oxygen atoms in total. The number of anilines is 1. The molecular formula is C19H25N3O5S. The van der Waals surface area contributed by atoms with Crippen LogP contribution in [0.3, 0.4) is 0 Å². The minimum atomic E-state index is -3.29. The van der Waals surface area contributed by atoms with Gasteiger partial charge in [0.05, 0.1) is 22.7 Å². The molecule has 1 saturated heterocycles. The lowest BCUT2D eigenvalue weighted by molar-refractivity contribution is -0.00553. The van der Waals surface area contributed by atoms with E-state index in [0.717, 1.165) is 16.4 Å². The molecule has 2 aromatic rings. The fourth-order valence-corrected chi connectivity index (χ4v) is 4.14. The van der Waals surface area contributed by atoms with Crippen LogP contribution in [0.1, 0.15) is 25.0 Å². The lowest BCUT2D eigenvalue weighted by Gasteiger charge is -2.37. The van der Waals surface area contributed by atoms with Gasteiger partial charge in [0.15, 0.2) is 9.84 Å². The van der Waals surface area contributed by atoms with Crippen LogP contribution in [-0.4, -0.2) is 49.5 Å². The van der Waals surface area contributed by atoms with Crippen LogP contribution in [0, 0.1) is 0 Å². The number of benzene rings is 1. The van der Waals surface area contributed by atoms with Gasteiger partial charge in [-0.1, -0.05) is 12.1 Å². The van der Waals surface area contributed by atoms with Crippen molar-refractivity contribution in [2.75, 3.05) is 24.2 Å². The van der Waals surface area contributed by atoms with E-state index in [2.05, 4.69) is 4.98 Å². The summed E-state index contributed by atoms with van der Waals surface area (Å²) >= 11 is 0. The summed E-state index contributed by atoms with van der Waals surface area (Å²) in [5.41, 5.74) is 0.420. The van der Waals surface area contributed by atoms with E-state index in [1.54, 1.807) is 12.1 Å². The van der Waals surface area contributed by atoms with E-state index < -0.39 is 15.5 Å². The molecule has 0 amide bonds. The smallest absolute Gasteiger partial charge is 0.329 e. The minimum Gasteiger partial charge on any atom is -0.372 e. The fourth-order valence-electron chi connectivity index (χ4n) is 3.50. The normalized spacial score (nSPS) is 20.4. The zero-order valence-electron chi connectivity index (χ0n) is 16.4. The molecule has 1 aromatic carbocycles. The highest BCUT2D eigenvalue weighted by atomic mass is 32.2. The van der Waals surface area contributed by atoms with Crippen molar-refractivity contribution in [3.8, 4) is 0 Å². The van der Waals surface area contributed by atoms with Crippen molar-refractivity contribution >= 4 is 15.7 Å². The fraction of sp³-hybridized carbons (Fsp3) is 0.474. The summed E-state index contributed by atoms with van der Waals surface area (Å²) in [5, 5.41) is 0. The van der Waals surface area contributed by atoms with Crippen LogP contribution < -0.4 is 16.1 Å². The first-order valence-electron chi connectivity index (χ1n) is 9.08. The number of nitrogens with one attached hydrogen (secondary N) is 1. The molecule has 0 spiro atoms. The second-order valence-corrected chi connectivity index (χ2v) is 9.39. The van der Waals surface area contributed by atoms with E-state index in [-0.39, 0.29) is 29.1 Å². The van der Waals surface area contributed by atoms with Gasteiger partial charge in [-0.15, -0.1) is 0 Å². The Morgan fingerprint density at radius 1 is 1.11 bits per heavy atom. The first-order valence-corrected chi connectivity index (χ1v) is 11.0. The van der Waals surface area contributed by atoms with Crippen LogP contribution in [-0.2, 0) is 28.0 Å². The summed E-state index contributed by atoms with van der Waals surface area (Å²) in [6, 6.07) is 6.43. The molecule has 1 aliphatic heterocycles. The van der Waals surface area contributed by atoms with E-state index in [9.17, 15) is 18.0 Å². The number of morpholine rings is 1. The predicted octanol–water partition coefficient (Wildman–Crippen LogP) is 0.682. The molecule has 2 unspecified atom stereocenters. The number of aromatic amines is 1. The summed E-state index contributed by atoms with van der Waals surface area (Å²) in [6.45, 7) is 5.03. The Hall–Kier alpha value is -2.39. The zero-order valence-corrected chi connectivity index (χ0v) is 17.2. The molecule has 1 aliphatic rings. The average Bonchev–Trinajstić information content (AvgIpc) is 2.61. The first-order chi connectivity index (χ1) is 13.1. The summed E-state index contributed by atoms with van der Waals surface area (Å²) in [5.74, 6) is 0.502. The van der Waals surface area contributed by atoms with Gasteiger partial charge in [-0.3, -0.25) is 14.3 Å². The average molecular weight is 407 g/mol. The van der Waals surface area contributed by atoms with Gasteiger partial charge in [-0.25, -0.2) is 13.2 Å². The van der Waals surface area contributed by atoms with Crippen LogP contribution in [0.5, 0.6) is 0 Å². The van der Waals surface area contributed by atoms with Crippen molar-refractivity contribution < 1.29 is 13.2 Å². The van der Waals surface area contributed by atoms with Gasteiger partial charge < -0.3 is 9.64 Å². The quantitative estimate of drug-likeness (QED) is 0.800. The molecule has 28 heavy (non-hydrogen) atoms. The zero-order chi connectivity index (χ0) is 20.6. The molecule has 0 saturated carbocycles. The second-order valence-electron chi connectivity index (χ2n) is 7.38. The Morgan fingerprint density at radius 2 is 1.68 bits per heavy atom. The van der Waals surface area contributed by atoms with Crippen molar-refractivity contribution in [3.05, 3.63) is 56.2 Å². The molecule has 1 fully saturated rings. The molecule has 1 N–H and O–H groups in total. The Kier molecular flexibility index (Phi) is 5.49. The summed E-state index contributed by atoms with van der Waals surface area (Å²) in [4.78, 5) is 30.1. The molecule has 0 aliphatic carbocycles. The van der Waals surface area contributed by atoms with Crippen LogP contribution in [0.2, 0.25) is 0 Å². The Morgan fingerprint density at radius 3 is 2.21 bits per heavy atom. The standard InChI is InChI=1S/C19H25N3O5S/c1-12-10-22(11-13(2)27-12)17-16(18(23)21(3)19(24)20-17)9-14-5-7-15(8-6-14)28(4,25)26/h5-8,12-13H,9-11H2,1-4H3,(H,20,24). The minimum absolute atomic E-state index is 0.0294. The van der Waals surface area contributed by atoms with Gasteiger partial charge in [-0.05, 0) is 31.5 Å². The molecule has 1 aromatic heterocycles. The van der Waals surface area contributed by atoms with E-state index in [4.69, 9.17) is 4.74 Å². The van der Waals surface area contributed by atoms with Crippen LogP contribution in [0.4, 0.5) is 5.82 Å². The molecule has 152 valence electrons. The van der Waals surface area contributed by atoms with Crippen LogP contribution >= 0.6 is 0 Å². The highest BCUT2D eigenvalue weighted by Crippen LogP contribution is 2.22. The van der Waals surface area contributed by atoms with Crippen molar-refractivity contribution in [1.29, 1.82) is 0 Å². The van der Waals surface area contributed by atoms with E-state index >= 15 is 0 Å². The third-order valence-corrected chi connectivity index (χ3v) is 5.98. The van der Waals surface area contributed by atoms with Crippen molar-refractivity contribution in [2.45, 2.75) is 37.4 Å². The molecule has 2 heterocycles. The lowest BCUT2D eigenvalue weighted by atomic mass is 10.1. The Balaban J connectivity index is 2.03. The number of hydrogen-bond acceptors (Lipinski definition) is 6. The van der Waals surface area contributed by atoms with Gasteiger partial charge in [0.25, 0.3) is 5.56 Å². The summed E-state index contributed by atoms with van der Waals surface area (Å²) in [7, 11) is -1.85. The van der Waals surface area contributed by atoms with Crippen LogP contribution in [0.25, 0.3) is 0 Å². The molecule has 9 heteroatoms. The maximum atomic E-state index is 12.8. The molecule has 3 rings (SSSR count). The molecule has 0 radical (unpaired) electrons. The van der Waals surface area contributed by atoms with Gasteiger partial charge in [0.2, 0.25) is 0 Å². The molecule has 0 bridgehead atoms. The predicted molar refractivity (Wildman–Crippen MR) is 107 cm³/mol. The topological polar surface area (TPSA) is 101 Å². The van der Waals surface area contributed by atoms with E-state index in [1.165, 1.54) is 19.2 Å². The van der Waals surface area contributed by atoms with Gasteiger partial charge >= 0.3 is 5.69 Å². The third-order valence-electron chi connectivity index (χ3n) is 4.85. The number of sulfone groups is 1. The highest BCUT2D eigenvalue weighted by molar-refractivity contribution is 7.90. The maximum absolute atomic E-state index is 12.8. The van der Waals surface area contributed by atoms with Gasteiger partial charge in [0, 0.05) is 32.8 Å². The number of rotatable bonds is 4. The number of aromatic nitrogens is 2. The van der Waals surface area contributed by atoms with E-state index in [0.29, 0.717) is 24.5 Å². The summed E-state index contributed by atoms with van der Waals surface area (Å²) in [6.07, 6.45) is 1.37. The number of nitrogens with zero attached hydrogens (tertiary/aromatic N) is 2. The van der Waals surface area contributed by atoms with Gasteiger partial charge in [0.1, 0.15) is 5.82 Å². The molecule has 2 atom stereocenters. The SMILES string of the molecule is CC1CN(c2[nH]c(=O)n(C)c(=O)c2Cc2ccc(S(C)(=O)=O)cc2)CC(C)O1. The largest absolute Gasteiger partial charge is 0.372 e. The maximum Gasteiger partial charge on any atom is 0.329 e. The first kappa shape index (κ1) is 20.3. The second kappa shape index (κ2) is 7.56. The van der Waals surface area contributed by atoms with E-state index in [1.807, 2.05) is 18.7 Å². The third kappa shape index (κ3) is 4.20. The Bertz CT molecular complexity index is 1080.